The van der Waals surface area contributed by atoms with Gasteiger partial charge >= 0.3 is 6.18 Å². The van der Waals surface area contributed by atoms with Crippen molar-refractivity contribution in [3.8, 4) is 17.1 Å². The van der Waals surface area contributed by atoms with Crippen molar-refractivity contribution >= 4 is 11.6 Å². The molecule has 1 aromatic heterocycles. The summed E-state index contributed by atoms with van der Waals surface area (Å²) in [5.41, 5.74) is 0.398. The molecule has 32 heavy (non-hydrogen) atoms. The van der Waals surface area contributed by atoms with E-state index in [0.717, 1.165) is 23.4 Å². The van der Waals surface area contributed by atoms with Crippen molar-refractivity contribution in [2.45, 2.75) is 32.4 Å². The number of carbonyl (C=O) groups excluding carboxylic acids is 1. The predicted molar refractivity (Wildman–Crippen MR) is 111 cm³/mol. The molecule has 1 aliphatic rings. The molecule has 3 aromatic rings. The molecule has 1 unspecified atom stereocenters. The molecule has 9 heteroatoms. The van der Waals surface area contributed by atoms with Crippen molar-refractivity contribution in [2.24, 2.45) is 5.92 Å². The monoisotopic (exact) mass is 445 g/mol. The lowest BCUT2D eigenvalue weighted by atomic mass is 10.1. The Labute approximate surface area is 183 Å². The summed E-state index contributed by atoms with van der Waals surface area (Å²) in [5, 5.41) is 4.01. The quantitative estimate of drug-likeness (QED) is 0.514. The molecule has 2 aromatic carbocycles. The summed E-state index contributed by atoms with van der Waals surface area (Å²) in [4.78, 5) is 18.3. The largest absolute Gasteiger partial charge is 0.493 e. The predicted octanol–water partition coefficient (Wildman–Crippen LogP) is 5.31. The third-order valence-corrected chi connectivity index (χ3v) is 5.12. The number of amides is 1. The second-order valence-electron chi connectivity index (χ2n) is 8.14. The molecular formula is C23H22F3N3O3. The highest BCUT2D eigenvalue weighted by molar-refractivity contribution is 5.96. The highest BCUT2D eigenvalue weighted by atomic mass is 19.4. The Morgan fingerprint density at radius 3 is 2.44 bits per heavy atom. The van der Waals surface area contributed by atoms with Gasteiger partial charge < -0.3 is 14.2 Å². The minimum absolute atomic E-state index is 0.143. The van der Waals surface area contributed by atoms with Crippen LogP contribution in [0, 0.1) is 5.92 Å². The van der Waals surface area contributed by atoms with Gasteiger partial charge in [-0.15, -0.1) is 0 Å². The van der Waals surface area contributed by atoms with E-state index >= 15 is 0 Å². The van der Waals surface area contributed by atoms with Gasteiger partial charge in [0.2, 0.25) is 17.6 Å². The average molecular weight is 445 g/mol. The number of hydrogen-bond donors (Lipinski definition) is 0. The van der Waals surface area contributed by atoms with Crippen LogP contribution in [0.15, 0.2) is 53.1 Å². The van der Waals surface area contributed by atoms with E-state index in [1.54, 1.807) is 0 Å². The number of rotatable bonds is 6. The zero-order valence-electron chi connectivity index (χ0n) is 17.6. The molecule has 0 N–H and O–H groups in total. The smallest absolute Gasteiger partial charge is 0.416 e. The molecule has 0 saturated carbocycles. The first kappa shape index (κ1) is 21.9. The van der Waals surface area contributed by atoms with E-state index in [1.807, 2.05) is 24.3 Å². The SMILES string of the molecule is CC(C)COc1ccc(-c2noc(C3CC(=O)N(c4ccc(C(F)(F)F)cc4)C3)n2)cc1. The van der Waals surface area contributed by atoms with Crippen LogP contribution in [0.2, 0.25) is 0 Å². The van der Waals surface area contributed by atoms with Gasteiger partial charge in [-0.1, -0.05) is 19.0 Å². The Hall–Kier alpha value is -3.36. The molecule has 2 heterocycles. The molecule has 6 nitrogen and oxygen atoms in total. The Morgan fingerprint density at radius 2 is 1.81 bits per heavy atom. The molecule has 0 spiro atoms. The minimum Gasteiger partial charge on any atom is -0.493 e. The fourth-order valence-electron chi connectivity index (χ4n) is 3.43. The maximum atomic E-state index is 12.8. The highest BCUT2D eigenvalue weighted by Gasteiger charge is 2.36. The molecule has 1 atom stereocenters. The van der Waals surface area contributed by atoms with Gasteiger partial charge in [0.05, 0.1) is 18.1 Å². The molecule has 1 aliphatic heterocycles. The van der Waals surface area contributed by atoms with Gasteiger partial charge in [0.25, 0.3) is 0 Å². The van der Waals surface area contributed by atoms with Crippen LogP contribution in [-0.4, -0.2) is 29.2 Å². The van der Waals surface area contributed by atoms with Gasteiger partial charge in [-0.05, 0) is 54.4 Å². The Bertz CT molecular complexity index is 1080. The van der Waals surface area contributed by atoms with Crippen molar-refractivity contribution in [2.75, 3.05) is 18.1 Å². The molecular weight excluding hydrogens is 423 g/mol. The number of anilines is 1. The fourth-order valence-corrected chi connectivity index (χ4v) is 3.43. The van der Waals surface area contributed by atoms with Crippen molar-refractivity contribution in [1.29, 1.82) is 0 Å². The lowest BCUT2D eigenvalue weighted by Gasteiger charge is -2.17. The maximum Gasteiger partial charge on any atom is 0.416 e. The van der Waals surface area contributed by atoms with E-state index in [2.05, 4.69) is 24.0 Å². The van der Waals surface area contributed by atoms with E-state index in [1.165, 1.54) is 17.0 Å². The van der Waals surface area contributed by atoms with Gasteiger partial charge in [-0.25, -0.2) is 0 Å². The first-order chi connectivity index (χ1) is 15.2. The van der Waals surface area contributed by atoms with Crippen LogP contribution in [0.4, 0.5) is 18.9 Å². The minimum atomic E-state index is -4.42. The number of benzene rings is 2. The maximum absolute atomic E-state index is 12.8. The lowest BCUT2D eigenvalue weighted by molar-refractivity contribution is -0.137. The summed E-state index contributed by atoms with van der Waals surface area (Å²) in [6.07, 6.45) is -4.28. The zero-order valence-corrected chi connectivity index (χ0v) is 17.6. The van der Waals surface area contributed by atoms with Gasteiger partial charge in [0, 0.05) is 24.2 Å². The van der Waals surface area contributed by atoms with E-state index in [9.17, 15) is 18.0 Å². The van der Waals surface area contributed by atoms with Crippen molar-refractivity contribution in [1.82, 2.24) is 10.1 Å². The van der Waals surface area contributed by atoms with Crippen LogP contribution in [-0.2, 0) is 11.0 Å². The van der Waals surface area contributed by atoms with Crippen LogP contribution in [0.5, 0.6) is 5.75 Å². The molecule has 0 aliphatic carbocycles. The van der Waals surface area contributed by atoms with Crippen LogP contribution >= 0.6 is 0 Å². The van der Waals surface area contributed by atoms with E-state index in [4.69, 9.17) is 9.26 Å². The number of carbonyl (C=O) groups is 1. The van der Waals surface area contributed by atoms with E-state index in [-0.39, 0.29) is 24.8 Å². The molecule has 1 fully saturated rings. The lowest BCUT2D eigenvalue weighted by Crippen LogP contribution is -2.24. The van der Waals surface area contributed by atoms with Crippen molar-refractivity contribution in [3.05, 3.63) is 60.0 Å². The second kappa shape index (κ2) is 8.64. The topological polar surface area (TPSA) is 68.5 Å². The molecule has 4 rings (SSSR count). The standard InChI is InChI=1S/C23H22F3N3O3/c1-14(2)13-31-19-9-3-15(4-10-19)21-27-22(32-28-21)16-11-20(30)29(12-16)18-7-5-17(6-8-18)23(24,25)26/h3-10,14,16H,11-13H2,1-2H3. The third kappa shape index (κ3) is 4.76. The Morgan fingerprint density at radius 1 is 1.12 bits per heavy atom. The van der Waals surface area contributed by atoms with Crippen LogP contribution < -0.4 is 9.64 Å². The summed E-state index contributed by atoms with van der Waals surface area (Å²) in [6.45, 7) is 5.02. The third-order valence-electron chi connectivity index (χ3n) is 5.12. The van der Waals surface area contributed by atoms with E-state index in [0.29, 0.717) is 29.9 Å². The van der Waals surface area contributed by atoms with Gasteiger partial charge in [-0.2, -0.15) is 18.2 Å². The van der Waals surface area contributed by atoms with Gasteiger partial charge in [0.15, 0.2) is 0 Å². The summed E-state index contributed by atoms with van der Waals surface area (Å²) < 4.78 is 49.4. The molecule has 1 amide bonds. The summed E-state index contributed by atoms with van der Waals surface area (Å²) in [7, 11) is 0. The number of alkyl halides is 3. The highest BCUT2D eigenvalue weighted by Crippen LogP contribution is 2.34. The molecule has 1 saturated heterocycles. The Balaban J connectivity index is 1.44. The summed E-state index contributed by atoms with van der Waals surface area (Å²) >= 11 is 0. The number of ether oxygens (including phenoxy) is 1. The van der Waals surface area contributed by atoms with E-state index < -0.39 is 11.7 Å². The number of nitrogens with zero attached hydrogens (tertiary/aromatic N) is 3. The fraction of sp³-hybridized carbons (Fsp3) is 0.348. The van der Waals surface area contributed by atoms with Crippen molar-refractivity contribution < 1.29 is 27.2 Å². The Kier molecular flexibility index (Phi) is 5.90. The second-order valence-corrected chi connectivity index (χ2v) is 8.14. The van der Waals surface area contributed by atoms with Crippen LogP contribution in [0.3, 0.4) is 0 Å². The van der Waals surface area contributed by atoms with Crippen LogP contribution in [0.1, 0.15) is 37.6 Å². The number of hydrogen-bond acceptors (Lipinski definition) is 5. The molecule has 0 bridgehead atoms. The summed E-state index contributed by atoms with van der Waals surface area (Å²) in [5.74, 6) is 1.35. The number of halogens is 3. The average Bonchev–Trinajstić information content (AvgIpc) is 3.39. The van der Waals surface area contributed by atoms with Crippen molar-refractivity contribution in [3.63, 3.8) is 0 Å². The zero-order chi connectivity index (χ0) is 22.9. The normalized spacial score (nSPS) is 16.8. The van der Waals surface area contributed by atoms with Gasteiger partial charge in [-0.3, -0.25) is 4.79 Å². The van der Waals surface area contributed by atoms with Gasteiger partial charge in [0.1, 0.15) is 5.75 Å². The summed E-state index contributed by atoms with van der Waals surface area (Å²) in [6, 6.07) is 11.9. The molecule has 168 valence electrons. The number of aromatic nitrogens is 2. The first-order valence-electron chi connectivity index (χ1n) is 10.2. The first-order valence-corrected chi connectivity index (χ1v) is 10.2. The van der Waals surface area contributed by atoms with Crippen LogP contribution in [0.25, 0.3) is 11.4 Å². The molecule has 0 radical (unpaired) electrons.